The van der Waals surface area contributed by atoms with E-state index in [4.69, 9.17) is 0 Å². The van der Waals surface area contributed by atoms with Gasteiger partial charge in [-0.2, -0.15) is 0 Å². The number of fused-ring (bicyclic) bond motifs is 3. The van der Waals surface area contributed by atoms with Gasteiger partial charge >= 0.3 is 0 Å². The maximum atomic E-state index is 2.67. The standard InChI is InChI=1S/C17H22N2/c1-3-18-9-10-19-15-8-7-12(2)11-14(15)13-5-4-6-16(18)17(13)19/h7-8,11,16H,3-6,9-10H2,1-2H3/t16-/m1/s1. The van der Waals surface area contributed by atoms with Crippen molar-refractivity contribution in [2.75, 3.05) is 13.1 Å². The lowest BCUT2D eigenvalue weighted by atomic mass is 9.89. The van der Waals surface area contributed by atoms with Crippen molar-refractivity contribution < 1.29 is 0 Å². The van der Waals surface area contributed by atoms with Crippen LogP contribution in [0, 0.1) is 6.92 Å². The van der Waals surface area contributed by atoms with Crippen LogP contribution in [0.25, 0.3) is 10.9 Å². The van der Waals surface area contributed by atoms with Crippen LogP contribution in [0.1, 0.15) is 42.6 Å². The van der Waals surface area contributed by atoms with Gasteiger partial charge in [-0.15, -0.1) is 0 Å². The number of aromatic nitrogens is 1. The Morgan fingerprint density at radius 3 is 3.00 bits per heavy atom. The molecule has 0 fully saturated rings. The molecule has 4 rings (SSSR count). The molecule has 1 aromatic heterocycles. The molecule has 19 heavy (non-hydrogen) atoms. The summed E-state index contributed by atoms with van der Waals surface area (Å²) in [6, 6.07) is 7.67. The van der Waals surface area contributed by atoms with Crippen molar-refractivity contribution in [3.8, 4) is 0 Å². The number of nitrogens with zero attached hydrogens (tertiary/aromatic N) is 2. The Hall–Kier alpha value is -1.28. The number of rotatable bonds is 1. The van der Waals surface area contributed by atoms with Gasteiger partial charge in [0.25, 0.3) is 0 Å². The first-order valence-corrected chi connectivity index (χ1v) is 7.65. The van der Waals surface area contributed by atoms with Crippen molar-refractivity contribution in [1.29, 1.82) is 0 Å². The number of aryl methyl sites for hydroxylation is 2. The molecule has 0 unspecified atom stereocenters. The Kier molecular flexibility index (Phi) is 2.49. The number of hydrogen-bond acceptors (Lipinski definition) is 1. The minimum atomic E-state index is 0.676. The molecule has 0 N–H and O–H groups in total. The summed E-state index contributed by atoms with van der Waals surface area (Å²) in [5, 5.41) is 1.53. The lowest BCUT2D eigenvalue weighted by Gasteiger charge is -2.39. The summed E-state index contributed by atoms with van der Waals surface area (Å²) < 4.78 is 2.61. The lowest BCUT2D eigenvalue weighted by molar-refractivity contribution is 0.149. The Balaban J connectivity index is 2.01. The molecule has 2 aromatic rings. The van der Waals surface area contributed by atoms with Crippen LogP contribution in [0.3, 0.4) is 0 Å². The fraction of sp³-hybridized carbons (Fsp3) is 0.529. The Morgan fingerprint density at radius 1 is 1.26 bits per heavy atom. The van der Waals surface area contributed by atoms with E-state index in [1.807, 2.05) is 0 Å². The van der Waals surface area contributed by atoms with Crippen molar-refractivity contribution in [3.63, 3.8) is 0 Å². The first-order valence-electron chi connectivity index (χ1n) is 7.65. The predicted molar refractivity (Wildman–Crippen MR) is 79.6 cm³/mol. The van der Waals surface area contributed by atoms with Gasteiger partial charge in [-0.3, -0.25) is 4.90 Å². The van der Waals surface area contributed by atoms with Gasteiger partial charge in [0.1, 0.15) is 0 Å². The molecule has 1 aliphatic heterocycles. The average molecular weight is 254 g/mol. The van der Waals surface area contributed by atoms with E-state index in [0.29, 0.717) is 6.04 Å². The highest BCUT2D eigenvalue weighted by Gasteiger charge is 2.33. The minimum Gasteiger partial charge on any atom is -0.342 e. The third-order valence-corrected chi connectivity index (χ3v) is 5.05. The molecular weight excluding hydrogens is 232 g/mol. The molecule has 1 aliphatic carbocycles. The Morgan fingerprint density at radius 2 is 2.16 bits per heavy atom. The smallest absolute Gasteiger partial charge is 0.0504 e. The summed E-state index contributed by atoms with van der Waals surface area (Å²) in [7, 11) is 0. The van der Waals surface area contributed by atoms with Gasteiger partial charge < -0.3 is 4.57 Å². The molecule has 1 aromatic carbocycles. The quantitative estimate of drug-likeness (QED) is 0.754. The van der Waals surface area contributed by atoms with Crippen molar-refractivity contribution >= 4 is 10.9 Å². The van der Waals surface area contributed by atoms with E-state index in [-0.39, 0.29) is 0 Å². The van der Waals surface area contributed by atoms with Gasteiger partial charge in [0.05, 0.1) is 6.04 Å². The van der Waals surface area contributed by atoms with Gasteiger partial charge in [0.15, 0.2) is 0 Å². The summed E-state index contributed by atoms with van der Waals surface area (Å²) in [6.07, 6.45) is 3.97. The summed E-state index contributed by atoms with van der Waals surface area (Å²) >= 11 is 0. The molecule has 2 heterocycles. The molecule has 0 bridgehead atoms. The maximum Gasteiger partial charge on any atom is 0.0504 e. The van der Waals surface area contributed by atoms with Gasteiger partial charge in [-0.05, 0) is 50.4 Å². The topological polar surface area (TPSA) is 8.17 Å². The van der Waals surface area contributed by atoms with E-state index in [0.717, 1.165) is 0 Å². The molecule has 1 atom stereocenters. The van der Waals surface area contributed by atoms with Crippen molar-refractivity contribution in [2.45, 2.75) is 45.7 Å². The summed E-state index contributed by atoms with van der Waals surface area (Å²) in [5.74, 6) is 0. The summed E-state index contributed by atoms with van der Waals surface area (Å²) in [5.41, 5.74) is 6.15. The second-order valence-electron chi connectivity index (χ2n) is 6.07. The van der Waals surface area contributed by atoms with Crippen molar-refractivity contribution in [1.82, 2.24) is 9.47 Å². The van der Waals surface area contributed by atoms with Crippen molar-refractivity contribution in [2.24, 2.45) is 0 Å². The van der Waals surface area contributed by atoms with Crippen LogP contribution >= 0.6 is 0 Å². The fourth-order valence-corrected chi connectivity index (χ4v) is 4.17. The molecule has 2 aliphatic rings. The highest BCUT2D eigenvalue weighted by molar-refractivity contribution is 5.87. The molecule has 2 nitrogen and oxygen atoms in total. The minimum absolute atomic E-state index is 0.676. The highest BCUT2D eigenvalue weighted by Crippen LogP contribution is 2.42. The van der Waals surface area contributed by atoms with Gasteiger partial charge in [0.2, 0.25) is 0 Å². The van der Waals surface area contributed by atoms with Crippen LogP contribution in [-0.4, -0.2) is 22.6 Å². The fourth-order valence-electron chi connectivity index (χ4n) is 4.17. The third-order valence-electron chi connectivity index (χ3n) is 5.05. The van der Waals surface area contributed by atoms with Gasteiger partial charge in [-0.25, -0.2) is 0 Å². The number of likely N-dealkylation sites (N-methyl/N-ethyl adjacent to an activating group) is 1. The van der Waals surface area contributed by atoms with Gasteiger partial charge in [0, 0.05) is 29.7 Å². The average Bonchev–Trinajstić information content (AvgIpc) is 2.75. The van der Waals surface area contributed by atoms with Crippen LogP contribution in [0.5, 0.6) is 0 Å². The second kappa shape index (κ2) is 4.11. The van der Waals surface area contributed by atoms with Gasteiger partial charge in [-0.1, -0.05) is 18.6 Å². The first-order chi connectivity index (χ1) is 9.29. The van der Waals surface area contributed by atoms with Crippen LogP contribution in [0.2, 0.25) is 0 Å². The monoisotopic (exact) mass is 254 g/mol. The zero-order valence-electron chi connectivity index (χ0n) is 11.9. The van der Waals surface area contributed by atoms with E-state index >= 15 is 0 Å². The molecule has 0 amide bonds. The van der Waals surface area contributed by atoms with Crippen LogP contribution in [0.4, 0.5) is 0 Å². The van der Waals surface area contributed by atoms with E-state index in [9.17, 15) is 0 Å². The number of benzene rings is 1. The van der Waals surface area contributed by atoms with E-state index < -0.39 is 0 Å². The van der Waals surface area contributed by atoms with E-state index in [1.165, 1.54) is 55.4 Å². The highest BCUT2D eigenvalue weighted by atomic mass is 15.2. The lowest BCUT2D eigenvalue weighted by Crippen LogP contribution is -2.39. The molecule has 0 spiro atoms. The zero-order valence-corrected chi connectivity index (χ0v) is 11.9. The first kappa shape index (κ1) is 11.5. The molecule has 0 saturated carbocycles. The summed E-state index contributed by atoms with van der Waals surface area (Å²) in [4.78, 5) is 2.67. The molecule has 100 valence electrons. The Labute approximate surface area is 115 Å². The second-order valence-corrected chi connectivity index (χ2v) is 6.07. The zero-order chi connectivity index (χ0) is 13.0. The number of hydrogen-bond donors (Lipinski definition) is 0. The van der Waals surface area contributed by atoms with Crippen LogP contribution in [-0.2, 0) is 13.0 Å². The normalized spacial score (nSPS) is 22.7. The maximum absolute atomic E-state index is 2.67. The summed E-state index contributed by atoms with van der Waals surface area (Å²) in [6.45, 7) is 8.08. The van der Waals surface area contributed by atoms with Crippen LogP contribution in [0.15, 0.2) is 18.2 Å². The molecule has 0 radical (unpaired) electrons. The van der Waals surface area contributed by atoms with E-state index in [1.54, 1.807) is 11.3 Å². The SMILES string of the molecule is CCN1CCn2c3c(c4cc(C)ccc42)CCC[C@H]31. The largest absolute Gasteiger partial charge is 0.342 e. The predicted octanol–water partition coefficient (Wildman–Crippen LogP) is 3.66. The molecule has 0 saturated heterocycles. The van der Waals surface area contributed by atoms with E-state index in [2.05, 4.69) is 41.5 Å². The molecular formula is C17H22N2. The van der Waals surface area contributed by atoms with Crippen molar-refractivity contribution in [3.05, 3.63) is 35.0 Å². The third kappa shape index (κ3) is 1.53. The Bertz CT molecular complexity index is 638. The van der Waals surface area contributed by atoms with Crippen LogP contribution < -0.4 is 0 Å². The molecule has 2 heteroatoms.